The van der Waals surface area contributed by atoms with Crippen molar-refractivity contribution >= 4 is 11.8 Å². The molecule has 0 aromatic heterocycles. The molecule has 7 heteroatoms. The van der Waals surface area contributed by atoms with Gasteiger partial charge in [0.15, 0.2) is 11.5 Å². The normalized spacial score (nSPS) is 16.5. The van der Waals surface area contributed by atoms with Crippen molar-refractivity contribution in [3.8, 4) is 11.5 Å². The molecule has 132 valence electrons. The van der Waals surface area contributed by atoms with E-state index in [0.29, 0.717) is 23.6 Å². The van der Waals surface area contributed by atoms with Crippen LogP contribution in [-0.4, -0.2) is 51.8 Å². The molecular weight excluding hydrogens is 312 g/mol. The largest absolute Gasteiger partial charge is 0.493 e. The van der Waals surface area contributed by atoms with Gasteiger partial charge in [0, 0.05) is 31.7 Å². The third-order valence-electron chi connectivity index (χ3n) is 3.83. The second-order valence-electron chi connectivity index (χ2n) is 5.51. The monoisotopic (exact) mass is 336 g/mol. The summed E-state index contributed by atoms with van der Waals surface area (Å²) >= 11 is 0. The fourth-order valence-corrected chi connectivity index (χ4v) is 2.49. The van der Waals surface area contributed by atoms with Crippen molar-refractivity contribution in [3.63, 3.8) is 0 Å². The zero-order chi connectivity index (χ0) is 17.4. The minimum absolute atomic E-state index is 0.0990. The minimum atomic E-state index is -0.261. The van der Waals surface area contributed by atoms with Crippen LogP contribution in [-0.2, 0) is 9.53 Å². The Labute approximate surface area is 141 Å². The molecule has 1 unspecified atom stereocenters. The van der Waals surface area contributed by atoms with Crippen LogP contribution in [0.3, 0.4) is 0 Å². The molecule has 1 aliphatic heterocycles. The smallest absolute Gasteiger partial charge is 0.251 e. The molecule has 7 nitrogen and oxygen atoms in total. The average Bonchev–Trinajstić information content (AvgIpc) is 3.12. The molecule has 1 aromatic rings. The Bertz CT molecular complexity index is 570. The highest BCUT2D eigenvalue weighted by Crippen LogP contribution is 2.27. The van der Waals surface area contributed by atoms with Crippen LogP contribution in [0.15, 0.2) is 18.2 Å². The van der Waals surface area contributed by atoms with Crippen LogP contribution >= 0.6 is 0 Å². The van der Waals surface area contributed by atoms with Crippen LogP contribution < -0.4 is 20.1 Å². The summed E-state index contributed by atoms with van der Waals surface area (Å²) in [5.74, 6) is 0.683. The molecule has 2 N–H and O–H groups in total. The molecular formula is C17H24N2O5. The number of ether oxygens (including phenoxy) is 3. The van der Waals surface area contributed by atoms with Crippen molar-refractivity contribution in [2.75, 3.05) is 33.9 Å². The van der Waals surface area contributed by atoms with E-state index in [1.165, 1.54) is 14.2 Å². The minimum Gasteiger partial charge on any atom is -0.493 e. The first-order valence-electron chi connectivity index (χ1n) is 8.02. The van der Waals surface area contributed by atoms with Gasteiger partial charge in [0.2, 0.25) is 5.91 Å². The highest BCUT2D eigenvalue weighted by atomic mass is 16.5. The van der Waals surface area contributed by atoms with Crippen molar-refractivity contribution in [3.05, 3.63) is 23.8 Å². The van der Waals surface area contributed by atoms with Crippen molar-refractivity contribution < 1.29 is 23.8 Å². The van der Waals surface area contributed by atoms with Gasteiger partial charge in [-0.25, -0.2) is 0 Å². The van der Waals surface area contributed by atoms with Crippen molar-refractivity contribution in [2.24, 2.45) is 0 Å². The molecule has 2 amide bonds. The Morgan fingerprint density at radius 3 is 2.67 bits per heavy atom. The summed E-state index contributed by atoms with van der Waals surface area (Å²) in [7, 11) is 3.05. The number of amides is 2. The zero-order valence-corrected chi connectivity index (χ0v) is 14.1. The van der Waals surface area contributed by atoms with Crippen LogP contribution in [0.25, 0.3) is 0 Å². The summed E-state index contributed by atoms with van der Waals surface area (Å²) < 4.78 is 15.7. The second-order valence-corrected chi connectivity index (χ2v) is 5.51. The molecule has 24 heavy (non-hydrogen) atoms. The first kappa shape index (κ1) is 18.1. The molecule has 0 radical (unpaired) electrons. The standard InChI is InChI=1S/C17H24N2O5/c1-22-14-6-5-12(10-15(14)23-2)17(21)18-8-7-16(20)19-11-13-4-3-9-24-13/h5-6,10,13H,3-4,7-9,11H2,1-2H3,(H,18,21)(H,19,20). The molecule has 0 saturated carbocycles. The van der Waals surface area contributed by atoms with E-state index in [4.69, 9.17) is 14.2 Å². The number of rotatable bonds is 8. The quantitative estimate of drug-likeness (QED) is 0.743. The van der Waals surface area contributed by atoms with Gasteiger partial charge < -0.3 is 24.8 Å². The fraction of sp³-hybridized carbons (Fsp3) is 0.529. The number of hydrogen-bond acceptors (Lipinski definition) is 5. The van der Waals surface area contributed by atoms with Gasteiger partial charge in [-0.2, -0.15) is 0 Å². The molecule has 1 aromatic carbocycles. The first-order chi connectivity index (χ1) is 11.6. The molecule has 2 rings (SSSR count). The maximum absolute atomic E-state index is 12.1. The van der Waals surface area contributed by atoms with Crippen molar-refractivity contribution in [1.29, 1.82) is 0 Å². The zero-order valence-electron chi connectivity index (χ0n) is 14.1. The SMILES string of the molecule is COc1ccc(C(=O)NCCC(=O)NCC2CCCO2)cc1OC. The third kappa shape index (κ3) is 5.13. The van der Waals surface area contributed by atoms with Gasteiger partial charge in [-0.3, -0.25) is 9.59 Å². The molecule has 1 atom stereocenters. The Morgan fingerprint density at radius 1 is 1.21 bits per heavy atom. The van der Waals surface area contributed by atoms with Crippen LogP contribution in [0.1, 0.15) is 29.6 Å². The maximum atomic E-state index is 12.1. The highest BCUT2D eigenvalue weighted by Gasteiger charge is 2.16. The number of benzene rings is 1. The van der Waals surface area contributed by atoms with Gasteiger partial charge in [0.1, 0.15) is 0 Å². The lowest BCUT2D eigenvalue weighted by atomic mass is 10.2. The third-order valence-corrected chi connectivity index (χ3v) is 3.83. The van der Waals surface area contributed by atoms with Gasteiger partial charge >= 0.3 is 0 Å². The van der Waals surface area contributed by atoms with Gasteiger partial charge in [0.05, 0.1) is 20.3 Å². The second kappa shape index (κ2) is 9.12. The Hall–Kier alpha value is -2.28. The predicted octanol–water partition coefficient (Wildman–Crippen LogP) is 1.12. The molecule has 1 saturated heterocycles. The Balaban J connectivity index is 1.73. The molecule has 0 spiro atoms. The van der Waals surface area contributed by atoms with Crippen LogP contribution in [0, 0.1) is 0 Å². The highest BCUT2D eigenvalue weighted by molar-refractivity contribution is 5.95. The molecule has 0 bridgehead atoms. The van der Waals surface area contributed by atoms with E-state index in [2.05, 4.69) is 10.6 Å². The average molecular weight is 336 g/mol. The summed E-state index contributed by atoms with van der Waals surface area (Å²) in [5, 5.41) is 5.54. The predicted molar refractivity (Wildman–Crippen MR) is 88.5 cm³/mol. The van der Waals surface area contributed by atoms with Gasteiger partial charge in [-0.05, 0) is 31.0 Å². The summed E-state index contributed by atoms with van der Waals surface area (Å²) in [5.41, 5.74) is 0.451. The fourth-order valence-electron chi connectivity index (χ4n) is 2.49. The molecule has 0 aliphatic carbocycles. The number of carbonyl (C=O) groups excluding carboxylic acids is 2. The van der Waals surface area contributed by atoms with Gasteiger partial charge in [-0.15, -0.1) is 0 Å². The van der Waals surface area contributed by atoms with Crippen molar-refractivity contribution in [1.82, 2.24) is 10.6 Å². The lowest BCUT2D eigenvalue weighted by molar-refractivity contribution is -0.121. The van der Waals surface area contributed by atoms with E-state index in [1.54, 1.807) is 18.2 Å². The van der Waals surface area contributed by atoms with Gasteiger partial charge in [0.25, 0.3) is 5.91 Å². The van der Waals surface area contributed by atoms with E-state index < -0.39 is 0 Å². The molecule has 1 fully saturated rings. The topological polar surface area (TPSA) is 85.9 Å². The lowest BCUT2D eigenvalue weighted by Crippen LogP contribution is -2.34. The number of methoxy groups -OCH3 is 2. The van der Waals surface area contributed by atoms with Crippen molar-refractivity contribution in [2.45, 2.75) is 25.4 Å². The molecule has 1 aliphatic rings. The first-order valence-corrected chi connectivity index (χ1v) is 8.02. The summed E-state index contributed by atoms with van der Waals surface area (Å²) in [4.78, 5) is 23.8. The lowest BCUT2D eigenvalue weighted by Gasteiger charge is -2.11. The van der Waals surface area contributed by atoms with Crippen LogP contribution in [0.4, 0.5) is 0 Å². The summed E-state index contributed by atoms with van der Waals surface area (Å²) in [6.07, 6.45) is 2.37. The number of hydrogen-bond donors (Lipinski definition) is 2. The summed E-state index contributed by atoms with van der Waals surface area (Å²) in [6.45, 7) is 1.56. The Morgan fingerprint density at radius 2 is 2.00 bits per heavy atom. The molecule has 1 heterocycles. The van der Waals surface area contributed by atoms with Gasteiger partial charge in [-0.1, -0.05) is 0 Å². The summed E-state index contributed by atoms with van der Waals surface area (Å²) in [6, 6.07) is 4.92. The maximum Gasteiger partial charge on any atom is 0.251 e. The van der Waals surface area contributed by atoms with E-state index in [0.717, 1.165) is 19.4 Å². The Kier molecular flexibility index (Phi) is 6.87. The van der Waals surface area contributed by atoms with E-state index in [-0.39, 0.29) is 30.9 Å². The van der Waals surface area contributed by atoms with E-state index in [1.807, 2.05) is 0 Å². The van der Waals surface area contributed by atoms with E-state index in [9.17, 15) is 9.59 Å². The van der Waals surface area contributed by atoms with E-state index >= 15 is 0 Å². The van der Waals surface area contributed by atoms with Crippen LogP contribution in [0.5, 0.6) is 11.5 Å². The number of carbonyl (C=O) groups is 2. The van der Waals surface area contributed by atoms with Crippen LogP contribution in [0.2, 0.25) is 0 Å². The number of nitrogens with one attached hydrogen (secondary N) is 2.